The maximum atomic E-state index is 4.20. The molecule has 0 spiro atoms. The summed E-state index contributed by atoms with van der Waals surface area (Å²) in [6.07, 6.45) is 2.60. The van der Waals surface area contributed by atoms with E-state index >= 15 is 0 Å². The van der Waals surface area contributed by atoms with Crippen LogP contribution in [0.4, 0.5) is 5.00 Å². The van der Waals surface area contributed by atoms with Gasteiger partial charge in [0.25, 0.3) is 0 Å². The van der Waals surface area contributed by atoms with Crippen molar-refractivity contribution in [1.29, 1.82) is 0 Å². The molecule has 0 aliphatic carbocycles. The standard InChI is InChI=1S/C11H20N4S/c1-8-4-5-15(9(2)6-8)7-10-11(12-3)16-14-13-10/h8-9,12H,4-7H2,1-3H3. The monoisotopic (exact) mass is 240 g/mol. The first kappa shape index (κ1) is 11.8. The van der Waals surface area contributed by atoms with Gasteiger partial charge in [0.15, 0.2) is 0 Å². The van der Waals surface area contributed by atoms with Crippen molar-refractivity contribution in [2.45, 2.75) is 39.3 Å². The van der Waals surface area contributed by atoms with Gasteiger partial charge in [0.1, 0.15) is 10.7 Å². The van der Waals surface area contributed by atoms with Gasteiger partial charge in [0.05, 0.1) is 0 Å². The van der Waals surface area contributed by atoms with E-state index in [0.717, 1.165) is 23.2 Å². The molecule has 1 N–H and O–H groups in total. The number of anilines is 1. The van der Waals surface area contributed by atoms with Crippen molar-refractivity contribution in [3.63, 3.8) is 0 Å². The van der Waals surface area contributed by atoms with Crippen molar-refractivity contribution in [1.82, 2.24) is 14.5 Å². The Morgan fingerprint density at radius 3 is 3.00 bits per heavy atom. The highest BCUT2D eigenvalue weighted by atomic mass is 32.1. The summed E-state index contributed by atoms with van der Waals surface area (Å²) in [7, 11) is 1.93. The van der Waals surface area contributed by atoms with Crippen LogP contribution in [-0.4, -0.2) is 34.1 Å². The summed E-state index contributed by atoms with van der Waals surface area (Å²) < 4.78 is 4.00. The maximum Gasteiger partial charge on any atom is 0.134 e. The van der Waals surface area contributed by atoms with Gasteiger partial charge >= 0.3 is 0 Å². The lowest BCUT2D eigenvalue weighted by Gasteiger charge is -2.36. The molecule has 1 saturated heterocycles. The highest BCUT2D eigenvalue weighted by Crippen LogP contribution is 2.26. The number of hydrogen-bond acceptors (Lipinski definition) is 5. The number of piperidine rings is 1. The zero-order chi connectivity index (χ0) is 11.5. The predicted molar refractivity (Wildman–Crippen MR) is 67.7 cm³/mol. The number of nitrogens with zero attached hydrogens (tertiary/aromatic N) is 3. The third kappa shape index (κ3) is 2.52. The maximum absolute atomic E-state index is 4.20. The smallest absolute Gasteiger partial charge is 0.134 e. The van der Waals surface area contributed by atoms with E-state index in [-0.39, 0.29) is 0 Å². The second-order valence-electron chi connectivity index (χ2n) is 4.75. The zero-order valence-corrected chi connectivity index (χ0v) is 11.0. The Morgan fingerprint density at radius 2 is 2.31 bits per heavy atom. The van der Waals surface area contributed by atoms with Crippen LogP contribution in [-0.2, 0) is 6.54 Å². The van der Waals surface area contributed by atoms with Crippen molar-refractivity contribution in [3.8, 4) is 0 Å². The van der Waals surface area contributed by atoms with Gasteiger partial charge in [-0.1, -0.05) is 11.4 Å². The van der Waals surface area contributed by atoms with E-state index in [9.17, 15) is 0 Å². The molecule has 90 valence electrons. The molecule has 2 rings (SSSR count). The SMILES string of the molecule is CNc1snnc1CN1CCC(C)CC1C. The van der Waals surface area contributed by atoms with E-state index in [2.05, 4.69) is 33.7 Å². The minimum absolute atomic E-state index is 0.662. The van der Waals surface area contributed by atoms with Gasteiger partial charge in [0.2, 0.25) is 0 Å². The van der Waals surface area contributed by atoms with E-state index in [0.29, 0.717) is 6.04 Å². The first-order valence-corrected chi connectivity index (χ1v) is 6.71. The fourth-order valence-corrected chi connectivity index (χ4v) is 2.91. The fourth-order valence-electron chi connectivity index (χ4n) is 2.39. The fraction of sp³-hybridized carbons (Fsp3) is 0.818. The van der Waals surface area contributed by atoms with Crippen LogP contribution in [0.25, 0.3) is 0 Å². The minimum Gasteiger partial charge on any atom is -0.377 e. The van der Waals surface area contributed by atoms with Gasteiger partial charge in [-0.05, 0) is 32.2 Å². The molecule has 1 aliphatic rings. The Labute approximate surface area is 101 Å². The first-order valence-electron chi connectivity index (χ1n) is 5.93. The van der Waals surface area contributed by atoms with E-state index in [1.807, 2.05) is 7.05 Å². The van der Waals surface area contributed by atoms with Crippen LogP contribution in [0.5, 0.6) is 0 Å². The average molecular weight is 240 g/mol. The molecular weight excluding hydrogens is 220 g/mol. The Hall–Kier alpha value is -0.680. The zero-order valence-electron chi connectivity index (χ0n) is 10.2. The molecule has 5 heteroatoms. The van der Waals surface area contributed by atoms with Crippen LogP contribution in [0.1, 0.15) is 32.4 Å². The molecule has 0 bridgehead atoms. The minimum atomic E-state index is 0.662. The molecule has 2 heterocycles. The topological polar surface area (TPSA) is 41.1 Å². The quantitative estimate of drug-likeness (QED) is 0.879. The lowest BCUT2D eigenvalue weighted by atomic mass is 9.93. The second kappa shape index (κ2) is 5.10. The number of nitrogens with one attached hydrogen (secondary N) is 1. The van der Waals surface area contributed by atoms with Crippen molar-refractivity contribution in [3.05, 3.63) is 5.69 Å². The van der Waals surface area contributed by atoms with Gasteiger partial charge in [-0.25, -0.2) is 0 Å². The molecule has 16 heavy (non-hydrogen) atoms. The molecule has 1 fully saturated rings. The summed E-state index contributed by atoms with van der Waals surface area (Å²) in [6.45, 7) is 6.77. The summed E-state index contributed by atoms with van der Waals surface area (Å²) in [6, 6.07) is 0.662. The summed E-state index contributed by atoms with van der Waals surface area (Å²) in [5.41, 5.74) is 1.09. The molecule has 1 aliphatic heterocycles. The van der Waals surface area contributed by atoms with Crippen LogP contribution in [0.15, 0.2) is 0 Å². The number of rotatable bonds is 3. The van der Waals surface area contributed by atoms with Crippen LogP contribution in [0.3, 0.4) is 0 Å². The third-order valence-corrected chi connectivity index (χ3v) is 4.20. The largest absolute Gasteiger partial charge is 0.377 e. The number of aromatic nitrogens is 2. The van der Waals surface area contributed by atoms with E-state index < -0.39 is 0 Å². The molecule has 4 nitrogen and oxygen atoms in total. The van der Waals surface area contributed by atoms with Crippen LogP contribution < -0.4 is 5.32 Å². The van der Waals surface area contributed by atoms with E-state index in [1.165, 1.54) is 30.9 Å². The number of likely N-dealkylation sites (tertiary alicyclic amines) is 1. The molecule has 2 atom stereocenters. The second-order valence-corrected chi connectivity index (χ2v) is 5.50. The van der Waals surface area contributed by atoms with Gasteiger partial charge in [-0.15, -0.1) is 5.10 Å². The molecule has 2 unspecified atom stereocenters. The average Bonchev–Trinajstić information content (AvgIpc) is 2.69. The molecule has 1 aromatic rings. The van der Waals surface area contributed by atoms with E-state index in [4.69, 9.17) is 0 Å². The molecule has 0 radical (unpaired) electrons. The van der Waals surface area contributed by atoms with Crippen molar-refractivity contribution in [2.24, 2.45) is 5.92 Å². The summed E-state index contributed by atoms with van der Waals surface area (Å²) in [4.78, 5) is 2.51. The first-order chi connectivity index (χ1) is 7.70. The molecule has 0 amide bonds. The van der Waals surface area contributed by atoms with Gasteiger partial charge in [-0.2, -0.15) is 0 Å². The summed E-state index contributed by atoms with van der Waals surface area (Å²) in [5, 5.41) is 8.46. The molecule has 0 saturated carbocycles. The summed E-state index contributed by atoms with van der Waals surface area (Å²) >= 11 is 1.44. The molecular formula is C11H20N4S. The lowest BCUT2D eigenvalue weighted by Crippen LogP contribution is -2.39. The highest BCUT2D eigenvalue weighted by Gasteiger charge is 2.24. The van der Waals surface area contributed by atoms with Gasteiger partial charge in [-0.3, -0.25) is 4.90 Å². The Balaban J connectivity index is 1.99. The Bertz CT molecular complexity index is 338. The lowest BCUT2D eigenvalue weighted by molar-refractivity contribution is 0.121. The van der Waals surface area contributed by atoms with Gasteiger partial charge < -0.3 is 5.32 Å². The number of hydrogen-bond donors (Lipinski definition) is 1. The van der Waals surface area contributed by atoms with Crippen LogP contribution in [0.2, 0.25) is 0 Å². The molecule has 1 aromatic heterocycles. The summed E-state index contributed by atoms with van der Waals surface area (Å²) in [5.74, 6) is 0.864. The van der Waals surface area contributed by atoms with Crippen molar-refractivity contribution < 1.29 is 0 Å². The van der Waals surface area contributed by atoms with Gasteiger partial charge in [0, 0.05) is 31.2 Å². The Kier molecular flexibility index (Phi) is 3.76. The van der Waals surface area contributed by atoms with Crippen molar-refractivity contribution in [2.75, 3.05) is 18.9 Å². The third-order valence-electron chi connectivity index (χ3n) is 3.41. The molecule has 0 aromatic carbocycles. The van der Waals surface area contributed by atoms with Crippen LogP contribution in [0, 0.1) is 5.92 Å². The highest BCUT2D eigenvalue weighted by molar-refractivity contribution is 7.10. The Morgan fingerprint density at radius 1 is 1.50 bits per heavy atom. The predicted octanol–water partition coefficient (Wildman–Crippen LogP) is 2.20. The normalized spacial score (nSPS) is 26.9. The van der Waals surface area contributed by atoms with Crippen molar-refractivity contribution >= 4 is 16.5 Å². The van der Waals surface area contributed by atoms with Crippen LogP contribution >= 0.6 is 11.5 Å². The van der Waals surface area contributed by atoms with E-state index in [1.54, 1.807) is 0 Å².